The molecule has 0 saturated heterocycles. The van der Waals surface area contributed by atoms with Crippen LogP contribution < -0.4 is 9.04 Å². The fraction of sp³-hybridized carbons (Fsp3) is 0.250. The fourth-order valence-electron chi connectivity index (χ4n) is 3.48. The third-order valence-electron chi connectivity index (χ3n) is 4.88. The van der Waals surface area contributed by atoms with Crippen molar-refractivity contribution in [2.45, 2.75) is 25.2 Å². The van der Waals surface area contributed by atoms with E-state index in [2.05, 4.69) is 6.07 Å². The van der Waals surface area contributed by atoms with Crippen molar-refractivity contribution in [3.05, 3.63) is 59.2 Å². The molecule has 0 amide bonds. The second kappa shape index (κ2) is 5.99. The Morgan fingerprint density at radius 1 is 1.08 bits per heavy atom. The van der Waals surface area contributed by atoms with Crippen LogP contribution in [0, 0.1) is 13.8 Å². The zero-order valence-corrected chi connectivity index (χ0v) is 15.8. The van der Waals surface area contributed by atoms with Crippen molar-refractivity contribution in [3.63, 3.8) is 0 Å². The molecule has 5 nitrogen and oxygen atoms in total. The number of sulfonamides is 1. The Bertz CT molecular complexity index is 1120. The average molecular weight is 368 g/mol. The lowest BCUT2D eigenvalue weighted by Crippen LogP contribution is -2.29. The first-order valence-corrected chi connectivity index (χ1v) is 9.92. The summed E-state index contributed by atoms with van der Waals surface area (Å²) in [6.07, 6.45) is 0.667. The Balaban J connectivity index is 1.83. The van der Waals surface area contributed by atoms with E-state index in [1.54, 1.807) is 25.3 Å². The molecule has 2 aromatic carbocycles. The van der Waals surface area contributed by atoms with Gasteiger partial charge in [-0.25, -0.2) is 17.7 Å². The van der Waals surface area contributed by atoms with Gasteiger partial charge in [0.2, 0.25) is 0 Å². The molecule has 2 heterocycles. The smallest absolute Gasteiger partial charge is 0.265 e. The first-order chi connectivity index (χ1) is 12.4. The molecule has 0 N–H and O–H groups in total. The summed E-state index contributed by atoms with van der Waals surface area (Å²) in [4.78, 5) is 4.97. The number of anilines is 1. The maximum Gasteiger partial charge on any atom is 0.265 e. The van der Waals surface area contributed by atoms with Crippen LogP contribution >= 0.6 is 0 Å². The lowest BCUT2D eigenvalue weighted by atomic mass is 10.1. The van der Waals surface area contributed by atoms with Crippen LogP contribution in [0.1, 0.15) is 16.7 Å². The maximum atomic E-state index is 13.2. The molecular formula is C20H20N2O3S. The Morgan fingerprint density at radius 3 is 2.62 bits per heavy atom. The molecule has 0 radical (unpaired) electrons. The van der Waals surface area contributed by atoms with E-state index >= 15 is 0 Å². The van der Waals surface area contributed by atoms with Crippen molar-refractivity contribution in [1.82, 2.24) is 4.98 Å². The second-order valence-corrected chi connectivity index (χ2v) is 8.44. The number of ether oxygens (including phenoxy) is 1. The molecule has 6 heteroatoms. The van der Waals surface area contributed by atoms with E-state index in [-0.39, 0.29) is 4.90 Å². The molecule has 4 rings (SSSR count). The summed E-state index contributed by atoms with van der Waals surface area (Å²) in [7, 11) is -2.09. The Labute approximate surface area is 153 Å². The number of pyridine rings is 1. The molecule has 0 unspecified atom stereocenters. The number of aryl methyl sites for hydroxylation is 2. The molecule has 1 aromatic heterocycles. The predicted octanol–water partition coefficient (Wildman–Crippen LogP) is 3.61. The van der Waals surface area contributed by atoms with E-state index < -0.39 is 10.0 Å². The molecule has 26 heavy (non-hydrogen) atoms. The molecule has 1 aliphatic rings. The van der Waals surface area contributed by atoms with Crippen molar-refractivity contribution in [1.29, 1.82) is 0 Å². The fourth-order valence-corrected chi connectivity index (χ4v) is 5.02. The van der Waals surface area contributed by atoms with E-state index in [0.29, 0.717) is 24.5 Å². The van der Waals surface area contributed by atoms with Crippen LogP contribution in [0.15, 0.2) is 47.4 Å². The van der Waals surface area contributed by atoms with Crippen LogP contribution in [0.3, 0.4) is 0 Å². The quantitative estimate of drug-likeness (QED) is 0.709. The van der Waals surface area contributed by atoms with Crippen molar-refractivity contribution in [3.8, 4) is 5.75 Å². The summed E-state index contributed by atoms with van der Waals surface area (Å²) in [5.41, 5.74) is 3.64. The molecule has 0 aliphatic carbocycles. The van der Waals surface area contributed by atoms with Gasteiger partial charge in [-0.1, -0.05) is 18.2 Å². The lowest BCUT2D eigenvalue weighted by Gasteiger charge is -2.20. The normalized spacial score (nSPS) is 13.9. The summed E-state index contributed by atoms with van der Waals surface area (Å²) in [5.74, 6) is 1.21. The first kappa shape index (κ1) is 16.8. The van der Waals surface area contributed by atoms with Crippen molar-refractivity contribution < 1.29 is 13.2 Å². The highest BCUT2D eigenvalue weighted by Gasteiger charge is 2.32. The monoisotopic (exact) mass is 368 g/mol. The molecule has 0 fully saturated rings. The Hall–Kier alpha value is -2.60. The van der Waals surface area contributed by atoms with Crippen molar-refractivity contribution in [2.75, 3.05) is 18.0 Å². The lowest BCUT2D eigenvalue weighted by molar-refractivity contribution is 0.411. The van der Waals surface area contributed by atoms with Gasteiger partial charge in [0.15, 0.2) is 0 Å². The van der Waals surface area contributed by atoms with Gasteiger partial charge in [-0.3, -0.25) is 0 Å². The Kier molecular flexibility index (Phi) is 3.88. The third-order valence-corrected chi connectivity index (χ3v) is 6.66. The number of hydrogen-bond acceptors (Lipinski definition) is 4. The average Bonchev–Trinajstić information content (AvgIpc) is 3.04. The minimum absolute atomic E-state index is 0.260. The maximum absolute atomic E-state index is 13.2. The van der Waals surface area contributed by atoms with Gasteiger partial charge in [-0.05, 0) is 61.2 Å². The molecule has 0 spiro atoms. The topological polar surface area (TPSA) is 59.5 Å². The van der Waals surface area contributed by atoms with Crippen LogP contribution in [0.2, 0.25) is 0 Å². The number of hydrogen-bond donors (Lipinski definition) is 0. The highest BCUT2D eigenvalue weighted by Crippen LogP contribution is 2.35. The van der Waals surface area contributed by atoms with Crippen LogP contribution in [0.25, 0.3) is 10.9 Å². The van der Waals surface area contributed by atoms with E-state index in [4.69, 9.17) is 9.72 Å². The largest absolute Gasteiger partial charge is 0.496 e. The standard InChI is InChI=1S/C20H20N2O3S/c1-13-5-4-6-15-12-16-9-10-22(20(16)21-19(13)15)26(23,24)17-7-8-18(25-3)14(2)11-17/h4-8,11-12H,9-10H2,1-3H3. The summed E-state index contributed by atoms with van der Waals surface area (Å²) in [6.45, 7) is 4.23. The van der Waals surface area contributed by atoms with Crippen molar-refractivity contribution >= 4 is 26.7 Å². The van der Waals surface area contributed by atoms with Crippen LogP contribution in [0.4, 0.5) is 5.82 Å². The van der Waals surface area contributed by atoms with E-state index in [9.17, 15) is 8.42 Å². The summed E-state index contributed by atoms with van der Waals surface area (Å²) < 4.78 is 33.1. The van der Waals surface area contributed by atoms with E-state index in [1.165, 1.54) is 4.31 Å². The van der Waals surface area contributed by atoms with E-state index in [1.807, 2.05) is 32.0 Å². The number of benzene rings is 2. The van der Waals surface area contributed by atoms with Gasteiger partial charge >= 0.3 is 0 Å². The summed E-state index contributed by atoms with van der Waals surface area (Å²) >= 11 is 0. The summed E-state index contributed by atoms with van der Waals surface area (Å²) in [6, 6.07) is 13.0. The van der Waals surface area contributed by atoms with Gasteiger partial charge in [-0.2, -0.15) is 0 Å². The first-order valence-electron chi connectivity index (χ1n) is 8.48. The number of rotatable bonds is 3. The SMILES string of the molecule is COc1ccc(S(=O)(=O)N2CCc3cc4cccc(C)c4nc32)cc1C. The molecule has 0 saturated carbocycles. The van der Waals surface area contributed by atoms with Gasteiger partial charge in [-0.15, -0.1) is 0 Å². The van der Waals surface area contributed by atoms with Gasteiger partial charge in [0.05, 0.1) is 17.5 Å². The van der Waals surface area contributed by atoms with Gasteiger partial charge in [0.1, 0.15) is 11.6 Å². The number of nitrogens with zero attached hydrogens (tertiary/aromatic N) is 2. The zero-order chi connectivity index (χ0) is 18.5. The van der Waals surface area contributed by atoms with Gasteiger partial charge in [0, 0.05) is 11.9 Å². The summed E-state index contributed by atoms with van der Waals surface area (Å²) in [5, 5.41) is 1.04. The van der Waals surface area contributed by atoms with E-state index in [0.717, 1.165) is 27.6 Å². The highest BCUT2D eigenvalue weighted by atomic mass is 32.2. The van der Waals surface area contributed by atoms with Gasteiger partial charge < -0.3 is 4.74 Å². The highest BCUT2D eigenvalue weighted by molar-refractivity contribution is 7.92. The van der Waals surface area contributed by atoms with Crippen molar-refractivity contribution in [2.24, 2.45) is 0 Å². The minimum Gasteiger partial charge on any atom is -0.496 e. The molecular weight excluding hydrogens is 348 g/mol. The third kappa shape index (κ3) is 2.52. The number of methoxy groups -OCH3 is 1. The molecule has 0 bridgehead atoms. The molecule has 134 valence electrons. The minimum atomic E-state index is -3.67. The number of aromatic nitrogens is 1. The number of fused-ring (bicyclic) bond motifs is 2. The Morgan fingerprint density at radius 2 is 1.88 bits per heavy atom. The van der Waals surface area contributed by atoms with Crippen LogP contribution in [-0.2, 0) is 16.4 Å². The molecule has 1 aliphatic heterocycles. The number of para-hydroxylation sites is 1. The molecule has 3 aromatic rings. The second-order valence-electron chi connectivity index (χ2n) is 6.58. The van der Waals surface area contributed by atoms with Gasteiger partial charge in [0.25, 0.3) is 10.0 Å². The molecule has 0 atom stereocenters. The van der Waals surface area contributed by atoms with Crippen LogP contribution in [-0.4, -0.2) is 27.1 Å². The predicted molar refractivity (Wildman–Crippen MR) is 102 cm³/mol. The zero-order valence-electron chi connectivity index (χ0n) is 15.0. The van der Waals surface area contributed by atoms with Crippen LogP contribution in [0.5, 0.6) is 5.75 Å².